The van der Waals surface area contributed by atoms with Crippen molar-refractivity contribution in [1.29, 1.82) is 0 Å². The summed E-state index contributed by atoms with van der Waals surface area (Å²) in [4.78, 5) is 16.4. The summed E-state index contributed by atoms with van der Waals surface area (Å²) < 4.78 is 7.50. The van der Waals surface area contributed by atoms with Crippen LogP contribution in [0.25, 0.3) is 16.9 Å². The van der Waals surface area contributed by atoms with E-state index in [1.807, 2.05) is 29.1 Å². The van der Waals surface area contributed by atoms with Gasteiger partial charge in [-0.3, -0.25) is 4.57 Å². The molecule has 1 aromatic carbocycles. The van der Waals surface area contributed by atoms with Crippen molar-refractivity contribution in [3.63, 3.8) is 0 Å². The molecule has 0 saturated carbocycles. The van der Waals surface area contributed by atoms with Gasteiger partial charge in [0.05, 0.1) is 18.9 Å². The standard InChI is InChI=1S/C20H20N6OS/c1-2-4-15(5-3-1)12-21-18-17-19(26(14-22-17)16-6-11-28-13-16)24-20(23-18)25-7-9-27-10-8-25/h1-6,11,13-14H,7-10,12H2,(H,21,23,24). The van der Waals surface area contributed by atoms with Crippen LogP contribution in [0.5, 0.6) is 0 Å². The molecule has 0 aliphatic carbocycles. The molecule has 4 aromatic rings. The molecule has 0 unspecified atom stereocenters. The lowest BCUT2D eigenvalue weighted by Crippen LogP contribution is -2.37. The van der Waals surface area contributed by atoms with Gasteiger partial charge in [0.15, 0.2) is 17.0 Å². The third-order valence-electron chi connectivity index (χ3n) is 4.77. The molecular weight excluding hydrogens is 372 g/mol. The summed E-state index contributed by atoms with van der Waals surface area (Å²) in [6.45, 7) is 3.64. The molecule has 1 N–H and O–H groups in total. The van der Waals surface area contributed by atoms with Gasteiger partial charge in [-0.2, -0.15) is 21.3 Å². The predicted molar refractivity (Wildman–Crippen MR) is 111 cm³/mol. The second-order valence-electron chi connectivity index (χ2n) is 6.58. The zero-order valence-corrected chi connectivity index (χ0v) is 16.1. The van der Waals surface area contributed by atoms with Crippen molar-refractivity contribution in [3.8, 4) is 5.69 Å². The number of rotatable bonds is 5. The zero-order chi connectivity index (χ0) is 18.8. The minimum atomic E-state index is 0.681. The van der Waals surface area contributed by atoms with Crippen LogP contribution >= 0.6 is 11.3 Å². The first kappa shape index (κ1) is 17.2. The zero-order valence-electron chi connectivity index (χ0n) is 15.3. The van der Waals surface area contributed by atoms with Crippen molar-refractivity contribution in [2.45, 2.75) is 6.54 Å². The number of hydrogen-bond acceptors (Lipinski definition) is 7. The SMILES string of the molecule is c1ccc(CNc2nc(N3CCOCC3)nc3c2ncn3-c2ccsc2)cc1. The topological polar surface area (TPSA) is 68.1 Å². The molecule has 1 aliphatic heterocycles. The Bertz CT molecular complexity index is 1060. The fourth-order valence-electron chi connectivity index (χ4n) is 3.28. The van der Waals surface area contributed by atoms with Crippen molar-refractivity contribution in [1.82, 2.24) is 19.5 Å². The van der Waals surface area contributed by atoms with Gasteiger partial charge < -0.3 is 15.0 Å². The highest BCUT2D eigenvalue weighted by Crippen LogP contribution is 2.26. The Labute approximate surface area is 166 Å². The predicted octanol–water partition coefficient (Wildman–Crippen LogP) is 3.33. The molecule has 0 bridgehead atoms. The van der Waals surface area contributed by atoms with E-state index >= 15 is 0 Å². The molecule has 0 radical (unpaired) electrons. The average molecular weight is 392 g/mol. The molecule has 0 atom stereocenters. The van der Waals surface area contributed by atoms with Gasteiger partial charge in [0.2, 0.25) is 5.95 Å². The summed E-state index contributed by atoms with van der Waals surface area (Å²) in [7, 11) is 0. The monoisotopic (exact) mass is 392 g/mol. The van der Waals surface area contributed by atoms with Crippen molar-refractivity contribution < 1.29 is 4.74 Å². The summed E-state index contributed by atoms with van der Waals surface area (Å²) in [6.07, 6.45) is 1.82. The van der Waals surface area contributed by atoms with E-state index in [9.17, 15) is 0 Å². The minimum Gasteiger partial charge on any atom is -0.378 e. The molecule has 1 fully saturated rings. The summed E-state index contributed by atoms with van der Waals surface area (Å²) >= 11 is 1.66. The molecule has 3 aromatic heterocycles. The lowest BCUT2D eigenvalue weighted by molar-refractivity contribution is 0.122. The Morgan fingerprint density at radius 1 is 1.07 bits per heavy atom. The Kier molecular flexibility index (Phi) is 4.64. The van der Waals surface area contributed by atoms with E-state index in [2.05, 4.69) is 44.2 Å². The van der Waals surface area contributed by atoms with Gasteiger partial charge in [-0.1, -0.05) is 30.3 Å². The van der Waals surface area contributed by atoms with Gasteiger partial charge in [-0.25, -0.2) is 4.98 Å². The van der Waals surface area contributed by atoms with Gasteiger partial charge in [-0.05, 0) is 17.0 Å². The van der Waals surface area contributed by atoms with Gasteiger partial charge >= 0.3 is 0 Å². The van der Waals surface area contributed by atoms with Crippen molar-refractivity contribution in [2.75, 3.05) is 36.5 Å². The smallest absolute Gasteiger partial charge is 0.229 e. The lowest BCUT2D eigenvalue weighted by atomic mass is 10.2. The highest BCUT2D eigenvalue weighted by Gasteiger charge is 2.19. The van der Waals surface area contributed by atoms with Crippen LogP contribution < -0.4 is 10.2 Å². The number of nitrogens with zero attached hydrogens (tertiary/aromatic N) is 5. The molecule has 1 aliphatic rings. The van der Waals surface area contributed by atoms with Crippen LogP contribution in [0.3, 0.4) is 0 Å². The number of nitrogens with one attached hydrogen (secondary N) is 1. The van der Waals surface area contributed by atoms with Crippen LogP contribution in [0.15, 0.2) is 53.5 Å². The Morgan fingerprint density at radius 3 is 2.71 bits per heavy atom. The number of hydrogen-bond donors (Lipinski definition) is 1. The first-order valence-corrected chi connectivity index (χ1v) is 10.2. The van der Waals surface area contributed by atoms with Crippen LogP contribution in [0, 0.1) is 0 Å². The Balaban J connectivity index is 1.56. The van der Waals surface area contributed by atoms with E-state index in [0.717, 1.165) is 35.8 Å². The Hall–Kier alpha value is -2.97. The molecule has 4 heterocycles. The quantitative estimate of drug-likeness (QED) is 0.562. The van der Waals surface area contributed by atoms with Crippen LogP contribution in [0.1, 0.15) is 5.56 Å². The highest BCUT2D eigenvalue weighted by molar-refractivity contribution is 7.08. The molecular formula is C20H20N6OS. The first-order chi connectivity index (χ1) is 13.9. The van der Waals surface area contributed by atoms with E-state index in [0.29, 0.717) is 25.7 Å². The third kappa shape index (κ3) is 3.32. The van der Waals surface area contributed by atoms with E-state index in [1.165, 1.54) is 5.56 Å². The molecule has 8 heteroatoms. The summed E-state index contributed by atoms with van der Waals surface area (Å²) in [5.41, 5.74) is 3.84. The van der Waals surface area contributed by atoms with Crippen molar-refractivity contribution in [2.24, 2.45) is 0 Å². The van der Waals surface area contributed by atoms with Crippen LogP contribution in [-0.4, -0.2) is 45.8 Å². The van der Waals surface area contributed by atoms with Crippen LogP contribution in [-0.2, 0) is 11.3 Å². The second kappa shape index (κ2) is 7.57. The fourth-order valence-corrected chi connectivity index (χ4v) is 3.91. The number of imidazole rings is 1. The van der Waals surface area contributed by atoms with E-state index in [4.69, 9.17) is 14.7 Å². The van der Waals surface area contributed by atoms with Gasteiger partial charge in [0.1, 0.15) is 6.33 Å². The van der Waals surface area contributed by atoms with E-state index in [1.54, 1.807) is 11.3 Å². The van der Waals surface area contributed by atoms with E-state index in [-0.39, 0.29) is 0 Å². The summed E-state index contributed by atoms with van der Waals surface area (Å²) in [5.74, 6) is 1.47. The highest BCUT2D eigenvalue weighted by atomic mass is 32.1. The average Bonchev–Trinajstić information content (AvgIpc) is 3.43. The maximum Gasteiger partial charge on any atom is 0.229 e. The molecule has 5 rings (SSSR count). The molecule has 142 valence electrons. The van der Waals surface area contributed by atoms with Gasteiger partial charge in [0, 0.05) is 25.0 Å². The van der Waals surface area contributed by atoms with Crippen molar-refractivity contribution in [3.05, 3.63) is 59.0 Å². The largest absolute Gasteiger partial charge is 0.378 e. The van der Waals surface area contributed by atoms with Gasteiger partial charge in [-0.15, -0.1) is 0 Å². The maximum absolute atomic E-state index is 5.48. The molecule has 0 spiro atoms. The number of ether oxygens (including phenoxy) is 1. The molecule has 28 heavy (non-hydrogen) atoms. The summed E-state index contributed by atoms with van der Waals surface area (Å²) in [6, 6.07) is 12.4. The normalized spacial score (nSPS) is 14.5. The van der Waals surface area contributed by atoms with E-state index < -0.39 is 0 Å². The van der Waals surface area contributed by atoms with Gasteiger partial charge in [0.25, 0.3) is 0 Å². The fraction of sp³-hybridized carbons (Fsp3) is 0.250. The van der Waals surface area contributed by atoms with Crippen LogP contribution in [0.2, 0.25) is 0 Å². The number of morpholine rings is 1. The summed E-state index contributed by atoms with van der Waals surface area (Å²) in [5, 5.41) is 7.61. The lowest BCUT2D eigenvalue weighted by Gasteiger charge is -2.27. The first-order valence-electron chi connectivity index (χ1n) is 9.26. The van der Waals surface area contributed by atoms with Crippen LogP contribution in [0.4, 0.5) is 11.8 Å². The maximum atomic E-state index is 5.48. The number of benzene rings is 1. The third-order valence-corrected chi connectivity index (χ3v) is 5.44. The number of fused-ring (bicyclic) bond motifs is 1. The van der Waals surface area contributed by atoms with Crippen molar-refractivity contribution >= 4 is 34.3 Å². The minimum absolute atomic E-state index is 0.681. The molecule has 7 nitrogen and oxygen atoms in total. The molecule has 0 amide bonds. The Morgan fingerprint density at radius 2 is 1.93 bits per heavy atom. The number of anilines is 2. The second-order valence-corrected chi connectivity index (χ2v) is 7.36. The number of thiophene rings is 1. The molecule has 1 saturated heterocycles. The number of aromatic nitrogens is 4.